The first-order valence-electron chi connectivity index (χ1n) is 9.80. The van der Waals surface area contributed by atoms with Crippen LogP contribution >= 0.6 is 0 Å². The van der Waals surface area contributed by atoms with E-state index < -0.39 is 5.66 Å². The monoisotopic (exact) mass is 375 g/mol. The van der Waals surface area contributed by atoms with Crippen molar-refractivity contribution in [1.82, 2.24) is 0 Å². The van der Waals surface area contributed by atoms with Crippen molar-refractivity contribution < 1.29 is 0 Å². The van der Waals surface area contributed by atoms with Gasteiger partial charge >= 0.3 is 0 Å². The third kappa shape index (κ3) is 3.16. The van der Waals surface area contributed by atoms with Crippen LogP contribution in [-0.2, 0) is 5.66 Å². The molecule has 2 N–H and O–H groups in total. The van der Waals surface area contributed by atoms with E-state index in [2.05, 4.69) is 70.9 Å². The molecule has 0 fully saturated rings. The standard InChI is InChI=1S/C26H21N3/c27-26(29-28-25-16-8-12-20-11-4-5-13-22(20)25)18-17-21(19-9-2-1-3-10-19)23-14-6-7-15-24(23)26/h1-17H,18,27H2. The highest BCUT2D eigenvalue weighted by atomic mass is 15.2. The van der Waals surface area contributed by atoms with Crippen molar-refractivity contribution in [1.29, 1.82) is 0 Å². The van der Waals surface area contributed by atoms with E-state index in [-0.39, 0.29) is 0 Å². The van der Waals surface area contributed by atoms with Crippen LogP contribution in [0.1, 0.15) is 23.1 Å². The molecule has 5 rings (SSSR count). The van der Waals surface area contributed by atoms with Gasteiger partial charge in [-0.2, -0.15) is 10.2 Å². The van der Waals surface area contributed by atoms with E-state index in [0.717, 1.165) is 27.6 Å². The van der Waals surface area contributed by atoms with Crippen LogP contribution in [0.25, 0.3) is 16.3 Å². The van der Waals surface area contributed by atoms with Crippen LogP contribution in [0.2, 0.25) is 0 Å². The number of nitrogens with two attached hydrogens (primary N) is 1. The molecule has 0 bridgehead atoms. The second kappa shape index (κ2) is 7.12. The lowest BCUT2D eigenvalue weighted by Crippen LogP contribution is -2.36. The summed E-state index contributed by atoms with van der Waals surface area (Å²) >= 11 is 0. The van der Waals surface area contributed by atoms with Crippen LogP contribution in [0.4, 0.5) is 5.69 Å². The van der Waals surface area contributed by atoms with E-state index in [1.54, 1.807) is 0 Å². The van der Waals surface area contributed by atoms with Crippen molar-refractivity contribution in [3.63, 3.8) is 0 Å². The Morgan fingerprint density at radius 1 is 0.724 bits per heavy atom. The van der Waals surface area contributed by atoms with Crippen LogP contribution in [0.5, 0.6) is 0 Å². The van der Waals surface area contributed by atoms with Gasteiger partial charge in [-0.05, 0) is 28.2 Å². The molecule has 0 saturated heterocycles. The first-order valence-corrected chi connectivity index (χ1v) is 9.80. The smallest absolute Gasteiger partial charge is 0.159 e. The van der Waals surface area contributed by atoms with Gasteiger partial charge in [0.2, 0.25) is 0 Å². The summed E-state index contributed by atoms with van der Waals surface area (Å²) in [6.07, 6.45) is 2.78. The number of fused-ring (bicyclic) bond motifs is 2. The van der Waals surface area contributed by atoms with Gasteiger partial charge in [0, 0.05) is 17.4 Å². The molecule has 0 saturated carbocycles. The lowest BCUT2D eigenvalue weighted by atomic mass is 9.81. The van der Waals surface area contributed by atoms with E-state index >= 15 is 0 Å². The fraction of sp³-hybridized carbons (Fsp3) is 0.0769. The Labute approximate surface area is 170 Å². The summed E-state index contributed by atoms with van der Waals surface area (Å²) in [7, 11) is 0. The average molecular weight is 375 g/mol. The molecule has 1 unspecified atom stereocenters. The molecule has 4 aromatic carbocycles. The normalized spacial score (nSPS) is 18.6. The van der Waals surface area contributed by atoms with Gasteiger partial charge in [-0.1, -0.05) is 97.1 Å². The summed E-state index contributed by atoms with van der Waals surface area (Å²) in [5.74, 6) is 0. The van der Waals surface area contributed by atoms with Gasteiger partial charge in [-0.3, -0.25) is 0 Å². The molecular weight excluding hydrogens is 354 g/mol. The molecule has 0 spiro atoms. The largest absolute Gasteiger partial charge is 0.302 e. The Balaban J connectivity index is 1.58. The minimum Gasteiger partial charge on any atom is -0.302 e. The molecule has 0 aromatic heterocycles. The molecular formula is C26H21N3. The zero-order valence-electron chi connectivity index (χ0n) is 16.0. The van der Waals surface area contributed by atoms with Crippen molar-refractivity contribution in [3.8, 4) is 0 Å². The minimum atomic E-state index is -0.883. The molecule has 0 radical (unpaired) electrons. The fourth-order valence-electron chi connectivity index (χ4n) is 4.00. The Hall–Kier alpha value is -3.56. The number of nitrogens with zero attached hydrogens (tertiary/aromatic N) is 2. The van der Waals surface area contributed by atoms with E-state index in [1.165, 1.54) is 11.1 Å². The molecule has 29 heavy (non-hydrogen) atoms. The predicted molar refractivity (Wildman–Crippen MR) is 119 cm³/mol. The molecule has 3 nitrogen and oxygen atoms in total. The van der Waals surface area contributed by atoms with Crippen molar-refractivity contribution >= 4 is 22.0 Å². The van der Waals surface area contributed by atoms with Crippen molar-refractivity contribution in [2.24, 2.45) is 16.0 Å². The van der Waals surface area contributed by atoms with Gasteiger partial charge in [-0.15, -0.1) is 0 Å². The van der Waals surface area contributed by atoms with Crippen molar-refractivity contribution in [2.45, 2.75) is 12.1 Å². The maximum absolute atomic E-state index is 6.80. The molecule has 140 valence electrons. The second-order valence-corrected chi connectivity index (χ2v) is 7.36. The lowest BCUT2D eigenvalue weighted by molar-refractivity contribution is 0.446. The van der Waals surface area contributed by atoms with Crippen LogP contribution < -0.4 is 5.73 Å². The highest BCUT2D eigenvalue weighted by Gasteiger charge is 2.33. The Bertz CT molecular complexity index is 1240. The number of benzene rings is 4. The second-order valence-electron chi connectivity index (χ2n) is 7.36. The SMILES string of the molecule is NC1(N=Nc2cccc3ccccc23)CC=C(c2ccccc2)c2ccccc21. The summed E-state index contributed by atoms with van der Waals surface area (Å²) in [6, 6.07) is 32.9. The van der Waals surface area contributed by atoms with Gasteiger partial charge in [0.05, 0.1) is 5.69 Å². The summed E-state index contributed by atoms with van der Waals surface area (Å²) in [5, 5.41) is 11.5. The average Bonchev–Trinajstić information content (AvgIpc) is 2.79. The number of hydrogen-bond donors (Lipinski definition) is 1. The van der Waals surface area contributed by atoms with Crippen molar-refractivity contribution in [3.05, 3.63) is 120 Å². The molecule has 1 aliphatic carbocycles. The van der Waals surface area contributed by atoms with E-state index in [9.17, 15) is 0 Å². The van der Waals surface area contributed by atoms with Crippen LogP contribution in [0, 0.1) is 0 Å². The Kier molecular flexibility index (Phi) is 4.30. The first-order chi connectivity index (χ1) is 14.2. The maximum Gasteiger partial charge on any atom is 0.159 e. The number of rotatable bonds is 3. The number of azo groups is 1. The highest BCUT2D eigenvalue weighted by Crippen LogP contribution is 2.40. The number of hydrogen-bond acceptors (Lipinski definition) is 3. The minimum absolute atomic E-state index is 0.600. The van der Waals surface area contributed by atoms with E-state index in [4.69, 9.17) is 5.73 Å². The van der Waals surface area contributed by atoms with Gasteiger partial charge in [0.1, 0.15) is 0 Å². The summed E-state index contributed by atoms with van der Waals surface area (Å²) < 4.78 is 0. The topological polar surface area (TPSA) is 50.7 Å². The molecule has 3 heteroatoms. The highest BCUT2D eigenvalue weighted by molar-refractivity contribution is 5.92. The molecule has 1 atom stereocenters. The van der Waals surface area contributed by atoms with Crippen LogP contribution in [0.3, 0.4) is 0 Å². The predicted octanol–water partition coefficient (Wildman–Crippen LogP) is 6.57. The molecule has 0 aliphatic heterocycles. The van der Waals surface area contributed by atoms with Gasteiger partial charge in [-0.25, -0.2) is 0 Å². The zero-order chi connectivity index (χ0) is 19.7. The van der Waals surface area contributed by atoms with Crippen LogP contribution in [0.15, 0.2) is 113 Å². The van der Waals surface area contributed by atoms with E-state index in [0.29, 0.717) is 6.42 Å². The third-order valence-electron chi connectivity index (χ3n) is 5.49. The summed E-state index contributed by atoms with van der Waals surface area (Å²) in [5.41, 5.74) is 11.3. The van der Waals surface area contributed by atoms with Gasteiger partial charge in [0.25, 0.3) is 0 Å². The Morgan fingerprint density at radius 2 is 1.45 bits per heavy atom. The Morgan fingerprint density at radius 3 is 2.34 bits per heavy atom. The van der Waals surface area contributed by atoms with Crippen LogP contribution in [-0.4, -0.2) is 0 Å². The third-order valence-corrected chi connectivity index (χ3v) is 5.49. The van der Waals surface area contributed by atoms with Gasteiger partial charge in [0.15, 0.2) is 5.66 Å². The zero-order valence-corrected chi connectivity index (χ0v) is 16.0. The fourth-order valence-corrected chi connectivity index (χ4v) is 4.00. The summed E-state index contributed by atoms with van der Waals surface area (Å²) in [6.45, 7) is 0. The van der Waals surface area contributed by atoms with E-state index in [1.807, 2.05) is 42.5 Å². The van der Waals surface area contributed by atoms with Gasteiger partial charge < -0.3 is 5.73 Å². The molecule has 1 aliphatic rings. The summed E-state index contributed by atoms with van der Waals surface area (Å²) in [4.78, 5) is 0. The first kappa shape index (κ1) is 17.5. The molecule has 0 amide bonds. The maximum atomic E-state index is 6.80. The van der Waals surface area contributed by atoms with Crippen molar-refractivity contribution in [2.75, 3.05) is 0 Å². The quantitative estimate of drug-likeness (QED) is 0.404. The molecule has 0 heterocycles. The molecule has 4 aromatic rings. The lowest BCUT2D eigenvalue weighted by Gasteiger charge is -2.31.